The molecular formula is C27H26O7. The largest absolute Gasteiger partial charge is 0.508 e. The van der Waals surface area contributed by atoms with Crippen molar-refractivity contribution in [3.05, 3.63) is 89.0 Å². The van der Waals surface area contributed by atoms with Crippen molar-refractivity contribution in [1.82, 2.24) is 0 Å². The first kappa shape index (κ1) is 22.3. The first-order chi connectivity index (χ1) is 16.3. The van der Waals surface area contributed by atoms with Crippen LogP contribution in [0, 0.1) is 12.8 Å². The van der Waals surface area contributed by atoms with Crippen LogP contribution in [0.2, 0.25) is 0 Å². The van der Waals surface area contributed by atoms with E-state index in [4.69, 9.17) is 14.2 Å². The van der Waals surface area contributed by atoms with Crippen molar-refractivity contribution >= 4 is 5.97 Å². The molecule has 7 heteroatoms. The molecule has 1 aliphatic heterocycles. The molecule has 3 N–H and O–H groups in total. The average molecular weight is 462 g/mol. The fraction of sp³-hybridized carbons (Fsp3) is 0.296. The van der Waals surface area contributed by atoms with E-state index in [-0.39, 0.29) is 11.5 Å². The summed E-state index contributed by atoms with van der Waals surface area (Å²) in [5, 5.41) is 34.5. The molecule has 0 bridgehead atoms. The molecule has 3 aromatic rings. The Morgan fingerprint density at radius 3 is 2.32 bits per heavy atom. The Morgan fingerprint density at radius 2 is 1.71 bits per heavy atom. The lowest BCUT2D eigenvalue weighted by Crippen LogP contribution is -2.52. The molecule has 0 aromatic heterocycles. The number of benzene rings is 3. The number of fused-ring (bicyclic) bond motifs is 3. The number of phenols is 1. The van der Waals surface area contributed by atoms with E-state index in [2.05, 4.69) is 0 Å². The average Bonchev–Trinajstić information content (AvgIpc) is 3.22. The number of hydrogen-bond acceptors (Lipinski definition) is 7. The van der Waals surface area contributed by atoms with Gasteiger partial charge in [0.25, 0.3) is 0 Å². The third-order valence-corrected chi connectivity index (χ3v) is 7.22. The molecule has 5 atom stereocenters. The standard InChI is InChI=1S/C27H26O7/c1-15-13-18(28)14-20-22(15)26(31)24(29)21(25(30)33-3)23(16-7-5-4-6-8-16)27(26,34-20)17-9-11-19(32-2)12-10-17/h4-14,21,23-24,28-29,31H,1-3H3/t21?,23-,24-,26+,27+/m0/s1. The van der Waals surface area contributed by atoms with Crippen LogP contribution in [0.4, 0.5) is 0 Å². The van der Waals surface area contributed by atoms with Gasteiger partial charge in [0.05, 0.1) is 20.1 Å². The van der Waals surface area contributed by atoms with Gasteiger partial charge in [0.15, 0.2) is 11.2 Å². The van der Waals surface area contributed by atoms with Gasteiger partial charge in [-0.25, -0.2) is 0 Å². The molecule has 7 nitrogen and oxygen atoms in total. The molecule has 0 amide bonds. The Kier molecular flexibility index (Phi) is 5.07. The quantitative estimate of drug-likeness (QED) is 0.512. The highest BCUT2D eigenvalue weighted by Gasteiger charge is 2.77. The first-order valence-electron chi connectivity index (χ1n) is 11.0. The summed E-state index contributed by atoms with van der Waals surface area (Å²) < 4.78 is 17.0. The van der Waals surface area contributed by atoms with Crippen molar-refractivity contribution in [1.29, 1.82) is 0 Å². The topological polar surface area (TPSA) is 105 Å². The lowest BCUT2D eigenvalue weighted by atomic mass is 9.70. The number of aromatic hydroxyl groups is 1. The Morgan fingerprint density at radius 1 is 1.03 bits per heavy atom. The van der Waals surface area contributed by atoms with Gasteiger partial charge < -0.3 is 29.5 Å². The van der Waals surface area contributed by atoms with E-state index >= 15 is 0 Å². The number of aryl methyl sites for hydroxylation is 1. The monoisotopic (exact) mass is 462 g/mol. The summed E-state index contributed by atoms with van der Waals surface area (Å²) in [6.45, 7) is 1.72. The van der Waals surface area contributed by atoms with Crippen molar-refractivity contribution in [2.75, 3.05) is 14.2 Å². The number of carbonyl (C=O) groups is 1. The molecule has 0 spiro atoms. The SMILES string of the molecule is COC(=O)C1[C@H](O)[C@]2(O)c3c(C)cc(O)cc3O[C@]2(c2ccc(OC)cc2)[C@H]1c1ccccc1. The highest BCUT2D eigenvalue weighted by molar-refractivity contribution is 5.78. The zero-order valence-corrected chi connectivity index (χ0v) is 19.1. The van der Waals surface area contributed by atoms with E-state index in [0.29, 0.717) is 28.0 Å². The van der Waals surface area contributed by atoms with Crippen LogP contribution in [0.15, 0.2) is 66.7 Å². The van der Waals surface area contributed by atoms with E-state index in [1.165, 1.54) is 19.2 Å². The van der Waals surface area contributed by atoms with Crippen LogP contribution >= 0.6 is 0 Å². The molecule has 3 aromatic carbocycles. The Hall–Kier alpha value is -3.55. The minimum Gasteiger partial charge on any atom is -0.508 e. The molecule has 1 saturated carbocycles. The third-order valence-electron chi connectivity index (χ3n) is 7.22. The summed E-state index contributed by atoms with van der Waals surface area (Å²) in [6.07, 6.45) is -1.56. The summed E-state index contributed by atoms with van der Waals surface area (Å²) >= 11 is 0. The zero-order valence-electron chi connectivity index (χ0n) is 19.1. The number of aliphatic hydroxyl groups excluding tert-OH is 1. The second-order valence-electron chi connectivity index (χ2n) is 8.85. The summed E-state index contributed by atoms with van der Waals surface area (Å²) in [7, 11) is 2.81. The Balaban J connectivity index is 1.88. The minimum absolute atomic E-state index is 0.0278. The lowest BCUT2D eigenvalue weighted by Gasteiger charge is -2.41. The van der Waals surface area contributed by atoms with Crippen molar-refractivity contribution < 1.29 is 34.3 Å². The van der Waals surface area contributed by atoms with Crippen molar-refractivity contribution in [2.24, 2.45) is 5.92 Å². The highest BCUT2D eigenvalue weighted by Crippen LogP contribution is 2.69. The van der Waals surface area contributed by atoms with Gasteiger partial charge in [-0.2, -0.15) is 0 Å². The van der Waals surface area contributed by atoms with E-state index in [0.717, 1.165) is 0 Å². The normalized spacial score (nSPS) is 29.1. The summed E-state index contributed by atoms with van der Waals surface area (Å²) in [5.41, 5.74) is -1.51. The van der Waals surface area contributed by atoms with Crippen molar-refractivity contribution in [3.8, 4) is 17.2 Å². The molecule has 34 heavy (non-hydrogen) atoms. The zero-order chi connectivity index (χ0) is 24.3. The van der Waals surface area contributed by atoms with Gasteiger partial charge in [-0.1, -0.05) is 42.5 Å². The molecule has 1 fully saturated rings. The molecule has 5 rings (SSSR count). The summed E-state index contributed by atoms with van der Waals surface area (Å²) in [5.74, 6) is -1.77. The van der Waals surface area contributed by atoms with Crippen LogP contribution in [0.25, 0.3) is 0 Å². The molecule has 1 unspecified atom stereocenters. The maximum atomic E-state index is 13.1. The van der Waals surface area contributed by atoms with Crippen LogP contribution in [-0.2, 0) is 20.7 Å². The van der Waals surface area contributed by atoms with Crippen LogP contribution in [0.5, 0.6) is 17.2 Å². The number of phenolic OH excluding ortho intramolecular Hbond substituents is 1. The number of aliphatic hydroxyl groups is 2. The molecule has 2 aliphatic rings. The predicted octanol–water partition coefficient (Wildman–Crippen LogP) is 3.13. The van der Waals surface area contributed by atoms with E-state index in [1.807, 2.05) is 30.3 Å². The number of rotatable bonds is 4. The van der Waals surface area contributed by atoms with Gasteiger partial charge >= 0.3 is 5.97 Å². The lowest BCUT2D eigenvalue weighted by molar-refractivity contribution is -0.161. The number of esters is 1. The van der Waals surface area contributed by atoms with Crippen LogP contribution in [-0.4, -0.2) is 41.6 Å². The van der Waals surface area contributed by atoms with Gasteiger partial charge in [-0.05, 0) is 41.8 Å². The molecule has 0 saturated heterocycles. The van der Waals surface area contributed by atoms with Gasteiger partial charge in [0, 0.05) is 17.5 Å². The van der Waals surface area contributed by atoms with Crippen molar-refractivity contribution in [2.45, 2.75) is 30.1 Å². The molecule has 176 valence electrons. The van der Waals surface area contributed by atoms with Gasteiger partial charge in [-0.3, -0.25) is 4.79 Å². The maximum Gasteiger partial charge on any atom is 0.312 e. The predicted molar refractivity (Wildman–Crippen MR) is 123 cm³/mol. The minimum atomic E-state index is -2.02. The van der Waals surface area contributed by atoms with Gasteiger partial charge in [0.1, 0.15) is 23.4 Å². The van der Waals surface area contributed by atoms with Gasteiger partial charge in [0.2, 0.25) is 0 Å². The molecule has 1 heterocycles. The number of methoxy groups -OCH3 is 2. The first-order valence-corrected chi connectivity index (χ1v) is 11.0. The number of hydrogen-bond donors (Lipinski definition) is 3. The molecular weight excluding hydrogens is 436 g/mol. The van der Waals surface area contributed by atoms with Crippen LogP contribution < -0.4 is 9.47 Å². The van der Waals surface area contributed by atoms with Crippen LogP contribution in [0.1, 0.15) is 28.2 Å². The molecule has 0 radical (unpaired) electrons. The summed E-state index contributed by atoms with van der Waals surface area (Å²) in [6, 6.07) is 19.1. The Labute approximate surface area is 197 Å². The van der Waals surface area contributed by atoms with Crippen molar-refractivity contribution in [3.63, 3.8) is 0 Å². The number of carbonyl (C=O) groups excluding carboxylic acids is 1. The highest BCUT2D eigenvalue weighted by atomic mass is 16.5. The summed E-state index contributed by atoms with van der Waals surface area (Å²) in [4.78, 5) is 13.1. The number of ether oxygens (including phenoxy) is 3. The third kappa shape index (κ3) is 2.74. The smallest absolute Gasteiger partial charge is 0.312 e. The molecule has 1 aliphatic carbocycles. The second kappa shape index (κ2) is 7.75. The Bertz CT molecular complexity index is 1240. The van der Waals surface area contributed by atoms with Crippen LogP contribution in [0.3, 0.4) is 0 Å². The second-order valence-corrected chi connectivity index (χ2v) is 8.85. The van der Waals surface area contributed by atoms with Gasteiger partial charge in [-0.15, -0.1) is 0 Å². The maximum absolute atomic E-state index is 13.1. The van der Waals surface area contributed by atoms with E-state index < -0.39 is 35.1 Å². The van der Waals surface area contributed by atoms with E-state index in [9.17, 15) is 20.1 Å². The fourth-order valence-electron chi connectivity index (χ4n) is 5.91. The van der Waals surface area contributed by atoms with E-state index in [1.54, 1.807) is 38.3 Å². The fourth-order valence-corrected chi connectivity index (χ4v) is 5.91.